The van der Waals surface area contributed by atoms with Gasteiger partial charge in [0.1, 0.15) is 11.6 Å². The van der Waals surface area contributed by atoms with E-state index in [-0.39, 0.29) is 0 Å². The Hall–Kier alpha value is -2.70. The third-order valence-corrected chi connectivity index (χ3v) is 4.13. The molecule has 4 heterocycles. The molecule has 4 rings (SSSR count). The standard InChI is InChI=1S/C16H19N7/c1-12-19-20-15-5-4-14(21-23(12)15)18-11-13-6-7-17-16(10-13)22-8-2-3-9-22/h4-7,10H,2-3,8-9,11H2,1H3,(H,18,21). The van der Waals surface area contributed by atoms with Crippen molar-refractivity contribution >= 4 is 17.3 Å². The number of nitrogens with zero attached hydrogens (tertiary/aromatic N) is 6. The maximum Gasteiger partial charge on any atom is 0.178 e. The summed E-state index contributed by atoms with van der Waals surface area (Å²) in [4.78, 5) is 6.83. The first-order valence-electron chi connectivity index (χ1n) is 7.92. The molecule has 3 aromatic rings. The van der Waals surface area contributed by atoms with E-state index in [4.69, 9.17) is 0 Å². The number of aromatic nitrogens is 5. The Balaban J connectivity index is 1.49. The molecule has 0 aliphatic carbocycles. The van der Waals surface area contributed by atoms with Gasteiger partial charge in [-0.25, -0.2) is 4.98 Å². The number of aryl methyl sites for hydroxylation is 1. The van der Waals surface area contributed by atoms with E-state index in [0.29, 0.717) is 6.54 Å². The smallest absolute Gasteiger partial charge is 0.178 e. The summed E-state index contributed by atoms with van der Waals surface area (Å²) in [5.74, 6) is 2.66. The van der Waals surface area contributed by atoms with Gasteiger partial charge >= 0.3 is 0 Å². The Bertz CT molecular complexity index is 820. The Morgan fingerprint density at radius 1 is 1.13 bits per heavy atom. The average molecular weight is 309 g/mol. The molecule has 0 atom stereocenters. The summed E-state index contributed by atoms with van der Waals surface area (Å²) in [5.41, 5.74) is 1.96. The lowest BCUT2D eigenvalue weighted by molar-refractivity contribution is 0.870. The van der Waals surface area contributed by atoms with E-state index in [9.17, 15) is 0 Å². The van der Waals surface area contributed by atoms with Gasteiger partial charge in [0, 0.05) is 25.8 Å². The fraction of sp³-hybridized carbons (Fsp3) is 0.375. The molecule has 118 valence electrons. The summed E-state index contributed by atoms with van der Waals surface area (Å²) < 4.78 is 1.74. The molecule has 1 N–H and O–H groups in total. The lowest BCUT2D eigenvalue weighted by Crippen LogP contribution is -2.19. The van der Waals surface area contributed by atoms with Crippen molar-refractivity contribution in [3.05, 3.63) is 41.9 Å². The third-order valence-electron chi connectivity index (χ3n) is 4.13. The van der Waals surface area contributed by atoms with Crippen molar-refractivity contribution in [3.8, 4) is 0 Å². The van der Waals surface area contributed by atoms with Crippen molar-refractivity contribution < 1.29 is 0 Å². The number of nitrogens with one attached hydrogen (secondary N) is 1. The van der Waals surface area contributed by atoms with Crippen LogP contribution in [-0.2, 0) is 6.54 Å². The van der Waals surface area contributed by atoms with Gasteiger partial charge in [-0.05, 0) is 49.6 Å². The molecule has 0 amide bonds. The van der Waals surface area contributed by atoms with Crippen molar-refractivity contribution in [3.63, 3.8) is 0 Å². The second-order valence-electron chi connectivity index (χ2n) is 5.81. The summed E-state index contributed by atoms with van der Waals surface area (Å²) in [6, 6.07) is 8.03. The first kappa shape index (κ1) is 13.9. The minimum atomic E-state index is 0.711. The van der Waals surface area contributed by atoms with Crippen molar-refractivity contribution in [2.24, 2.45) is 0 Å². The number of rotatable bonds is 4. The summed E-state index contributed by atoms with van der Waals surface area (Å²) >= 11 is 0. The van der Waals surface area contributed by atoms with E-state index in [2.05, 4.69) is 36.6 Å². The highest BCUT2D eigenvalue weighted by Gasteiger charge is 2.13. The fourth-order valence-corrected chi connectivity index (χ4v) is 2.87. The molecule has 1 aliphatic rings. The molecular formula is C16H19N7. The Morgan fingerprint density at radius 2 is 2.00 bits per heavy atom. The van der Waals surface area contributed by atoms with Crippen molar-refractivity contribution in [1.82, 2.24) is 24.8 Å². The van der Waals surface area contributed by atoms with Gasteiger partial charge in [-0.15, -0.1) is 15.3 Å². The number of fused-ring (bicyclic) bond motifs is 1. The predicted octanol–water partition coefficient (Wildman–Crippen LogP) is 2.04. The molecule has 7 nitrogen and oxygen atoms in total. The fourth-order valence-electron chi connectivity index (χ4n) is 2.87. The molecule has 0 spiro atoms. The highest BCUT2D eigenvalue weighted by molar-refractivity contribution is 5.46. The Kier molecular flexibility index (Phi) is 3.53. The number of hydrogen-bond acceptors (Lipinski definition) is 6. The first-order chi connectivity index (χ1) is 11.3. The maximum absolute atomic E-state index is 4.50. The van der Waals surface area contributed by atoms with Crippen molar-refractivity contribution in [2.45, 2.75) is 26.3 Å². The second kappa shape index (κ2) is 5.83. The zero-order chi connectivity index (χ0) is 15.6. The zero-order valence-corrected chi connectivity index (χ0v) is 13.1. The molecule has 23 heavy (non-hydrogen) atoms. The highest BCUT2D eigenvalue weighted by Crippen LogP contribution is 2.19. The first-order valence-corrected chi connectivity index (χ1v) is 7.92. The predicted molar refractivity (Wildman–Crippen MR) is 88.5 cm³/mol. The molecule has 3 aromatic heterocycles. The average Bonchev–Trinajstić information content (AvgIpc) is 3.24. The minimum Gasteiger partial charge on any atom is -0.365 e. The topological polar surface area (TPSA) is 71.2 Å². The molecule has 0 radical (unpaired) electrons. The zero-order valence-electron chi connectivity index (χ0n) is 13.1. The van der Waals surface area contributed by atoms with Crippen LogP contribution in [0.15, 0.2) is 30.5 Å². The van der Waals surface area contributed by atoms with Crippen molar-refractivity contribution in [2.75, 3.05) is 23.3 Å². The number of anilines is 2. The Morgan fingerprint density at radius 3 is 2.87 bits per heavy atom. The summed E-state index contributed by atoms with van der Waals surface area (Å²) in [5, 5.41) is 15.9. The minimum absolute atomic E-state index is 0.711. The van der Waals surface area contributed by atoms with Crippen LogP contribution in [0.2, 0.25) is 0 Å². The van der Waals surface area contributed by atoms with Gasteiger partial charge in [-0.3, -0.25) is 0 Å². The van der Waals surface area contributed by atoms with Crippen LogP contribution < -0.4 is 10.2 Å². The van der Waals surface area contributed by atoms with E-state index in [1.54, 1.807) is 4.52 Å². The van der Waals surface area contributed by atoms with E-state index < -0.39 is 0 Å². The highest BCUT2D eigenvalue weighted by atomic mass is 15.4. The van der Waals surface area contributed by atoms with E-state index >= 15 is 0 Å². The summed E-state index contributed by atoms with van der Waals surface area (Å²) in [7, 11) is 0. The van der Waals surface area contributed by atoms with Gasteiger partial charge in [0.15, 0.2) is 11.5 Å². The normalized spacial score (nSPS) is 14.6. The van der Waals surface area contributed by atoms with Crippen LogP contribution in [0, 0.1) is 6.92 Å². The number of pyridine rings is 1. The maximum atomic E-state index is 4.50. The molecule has 1 aliphatic heterocycles. The summed E-state index contributed by atoms with van der Waals surface area (Å²) in [6.07, 6.45) is 4.39. The SMILES string of the molecule is Cc1nnc2ccc(NCc3ccnc(N4CCCC4)c3)nn12. The largest absolute Gasteiger partial charge is 0.365 e. The number of hydrogen-bond donors (Lipinski definition) is 1. The quantitative estimate of drug-likeness (QED) is 0.795. The third kappa shape index (κ3) is 2.81. The molecule has 0 unspecified atom stereocenters. The lowest BCUT2D eigenvalue weighted by Gasteiger charge is -2.17. The molecule has 0 aromatic carbocycles. The van der Waals surface area contributed by atoms with Crippen LogP contribution in [0.25, 0.3) is 5.65 Å². The second-order valence-corrected chi connectivity index (χ2v) is 5.81. The molecule has 7 heteroatoms. The van der Waals surface area contributed by atoms with Crippen LogP contribution in [0.3, 0.4) is 0 Å². The van der Waals surface area contributed by atoms with Gasteiger partial charge in [0.2, 0.25) is 0 Å². The van der Waals surface area contributed by atoms with E-state index in [1.807, 2.05) is 31.3 Å². The van der Waals surface area contributed by atoms with E-state index in [0.717, 1.165) is 36.2 Å². The van der Waals surface area contributed by atoms with Gasteiger partial charge in [0.05, 0.1) is 0 Å². The van der Waals surface area contributed by atoms with Crippen LogP contribution in [0.4, 0.5) is 11.6 Å². The van der Waals surface area contributed by atoms with Gasteiger partial charge < -0.3 is 10.2 Å². The van der Waals surface area contributed by atoms with Crippen LogP contribution >= 0.6 is 0 Å². The van der Waals surface area contributed by atoms with Crippen LogP contribution in [0.5, 0.6) is 0 Å². The summed E-state index contributed by atoms with van der Waals surface area (Å²) in [6.45, 7) is 4.81. The van der Waals surface area contributed by atoms with Gasteiger partial charge in [-0.2, -0.15) is 4.52 Å². The van der Waals surface area contributed by atoms with Crippen LogP contribution in [0.1, 0.15) is 24.2 Å². The van der Waals surface area contributed by atoms with Crippen LogP contribution in [-0.4, -0.2) is 37.9 Å². The van der Waals surface area contributed by atoms with E-state index in [1.165, 1.54) is 18.4 Å². The van der Waals surface area contributed by atoms with Gasteiger partial charge in [0.25, 0.3) is 0 Å². The molecule has 1 saturated heterocycles. The van der Waals surface area contributed by atoms with Crippen molar-refractivity contribution in [1.29, 1.82) is 0 Å². The molecular weight excluding hydrogens is 290 g/mol. The molecule has 0 saturated carbocycles. The molecule has 1 fully saturated rings. The van der Waals surface area contributed by atoms with Gasteiger partial charge in [-0.1, -0.05) is 0 Å². The molecule has 0 bridgehead atoms. The lowest BCUT2D eigenvalue weighted by atomic mass is 10.2. The monoisotopic (exact) mass is 309 g/mol. The Labute approximate surface area is 134 Å².